The maximum absolute atomic E-state index is 11.9. The van der Waals surface area contributed by atoms with Crippen LogP contribution in [0.25, 0.3) is 0 Å². The number of hydrogen-bond donors (Lipinski definition) is 3. The van der Waals surface area contributed by atoms with Gasteiger partial charge >= 0.3 is 0 Å². The van der Waals surface area contributed by atoms with Gasteiger partial charge in [-0.15, -0.1) is 5.10 Å². The van der Waals surface area contributed by atoms with E-state index in [1.165, 1.54) is 24.4 Å². The van der Waals surface area contributed by atoms with E-state index in [2.05, 4.69) is 31.4 Å². The number of nitrogens with one attached hydrogen (secondary N) is 1. The second-order valence-corrected chi connectivity index (χ2v) is 5.50. The molecule has 22 heavy (non-hydrogen) atoms. The van der Waals surface area contributed by atoms with E-state index < -0.39 is 0 Å². The molecule has 0 fully saturated rings. The van der Waals surface area contributed by atoms with Crippen LogP contribution in [0.3, 0.4) is 0 Å². The lowest BCUT2D eigenvalue weighted by Gasteiger charge is -1.98. The number of nitrogens with zero attached hydrogens (tertiary/aromatic N) is 2. The lowest BCUT2D eigenvalue weighted by molar-refractivity contribution is -0.110. The SMILES string of the molecule is O=C1Nc2ccc(Br)cc2/C1=N\N=Cc1ccc(O)cc1O. The van der Waals surface area contributed by atoms with Gasteiger partial charge in [0.1, 0.15) is 11.5 Å². The van der Waals surface area contributed by atoms with Crippen molar-refractivity contribution < 1.29 is 15.0 Å². The van der Waals surface area contributed by atoms with Crippen molar-refractivity contribution in [2.45, 2.75) is 0 Å². The maximum Gasteiger partial charge on any atom is 0.276 e. The highest BCUT2D eigenvalue weighted by atomic mass is 79.9. The average molecular weight is 360 g/mol. The summed E-state index contributed by atoms with van der Waals surface area (Å²) in [6.45, 7) is 0. The Morgan fingerprint density at radius 2 is 1.95 bits per heavy atom. The van der Waals surface area contributed by atoms with Crippen molar-refractivity contribution in [3.05, 3.63) is 52.0 Å². The number of phenolic OH excluding ortho intramolecular Hbond substituents is 2. The summed E-state index contributed by atoms with van der Waals surface area (Å²) in [6.07, 6.45) is 1.31. The molecule has 1 aliphatic rings. The summed E-state index contributed by atoms with van der Waals surface area (Å²) < 4.78 is 0.829. The summed E-state index contributed by atoms with van der Waals surface area (Å²) in [5, 5.41) is 29.3. The molecule has 1 amide bonds. The molecular weight excluding hydrogens is 350 g/mol. The van der Waals surface area contributed by atoms with Crippen LogP contribution < -0.4 is 5.32 Å². The lowest BCUT2D eigenvalue weighted by Crippen LogP contribution is -2.13. The summed E-state index contributed by atoms with van der Waals surface area (Å²) in [5.74, 6) is -0.502. The van der Waals surface area contributed by atoms with E-state index in [9.17, 15) is 15.0 Å². The normalized spacial score (nSPS) is 15.3. The number of fused-ring (bicyclic) bond motifs is 1. The van der Waals surface area contributed by atoms with E-state index in [0.717, 1.165) is 4.47 Å². The first-order valence-electron chi connectivity index (χ1n) is 6.29. The van der Waals surface area contributed by atoms with Crippen LogP contribution in [-0.2, 0) is 4.79 Å². The van der Waals surface area contributed by atoms with E-state index in [-0.39, 0.29) is 23.1 Å². The molecule has 110 valence electrons. The van der Waals surface area contributed by atoms with E-state index >= 15 is 0 Å². The van der Waals surface area contributed by atoms with Crippen molar-refractivity contribution in [3.8, 4) is 11.5 Å². The molecular formula is C15H10BrN3O3. The first-order valence-corrected chi connectivity index (χ1v) is 7.08. The molecule has 6 nitrogen and oxygen atoms in total. The number of aromatic hydroxyl groups is 2. The second-order valence-electron chi connectivity index (χ2n) is 4.58. The van der Waals surface area contributed by atoms with E-state index in [1.807, 2.05) is 6.07 Å². The van der Waals surface area contributed by atoms with Crippen molar-refractivity contribution >= 4 is 39.5 Å². The van der Waals surface area contributed by atoms with Crippen molar-refractivity contribution in [2.75, 3.05) is 5.32 Å². The molecule has 0 aromatic heterocycles. The minimum atomic E-state index is -0.333. The third-order valence-electron chi connectivity index (χ3n) is 3.07. The topological polar surface area (TPSA) is 94.3 Å². The van der Waals surface area contributed by atoms with Gasteiger partial charge in [0.2, 0.25) is 0 Å². The standard InChI is InChI=1S/C15H10BrN3O3/c16-9-2-4-12-11(5-9)14(15(22)18-12)19-17-7-8-1-3-10(20)6-13(8)21/h1-7,20-21H,(H,18,19,22). The molecule has 2 aromatic rings. The minimum Gasteiger partial charge on any atom is -0.508 e. The highest BCUT2D eigenvalue weighted by molar-refractivity contribution is 9.10. The number of halogens is 1. The predicted octanol–water partition coefficient (Wildman–Crippen LogP) is 2.64. The molecule has 0 bridgehead atoms. The molecule has 0 atom stereocenters. The largest absolute Gasteiger partial charge is 0.508 e. The fraction of sp³-hybridized carbons (Fsp3) is 0. The Labute approximate surface area is 134 Å². The van der Waals surface area contributed by atoms with Crippen LogP contribution in [0.5, 0.6) is 11.5 Å². The van der Waals surface area contributed by atoms with Crippen LogP contribution in [0, 0.1) is 0 Å². The number of benzene rings is 2. The van der Waals surface area contributed by atoms with Crippen molar-refractivity contribution in [2.24, 2.45) is 10.2 Å². The Balaban J connectivity index is 1.91. The average Bonchev–Trinajstić information content (AvgIpc) is 2.77. The van der Waals surface area contributed by atoms with Crippen molar-refractivity contribution in [1.82, 2.24) is 0 Å². The molecule has 0 spiro atoms. The van der Waals surface area contributed by atoms with Gasteiger partial charge in [-0.25, -0.2) is 0 Å². The molecule has 0 radical (unpaired) electrons. The molecule has 2 aromatic carbocycles. The zero-order valence-electron chi connectivity index (χ0n) is 11.1. The van der Waals surface area contributed by atoms with Gasteiger partial charge < -0.3 is 15.5 Å². The van der Waals surface area contributed by atoms with Crippen LogP contribution in [0.1, 0.15) is 11.1 Å². The molecule has 1 heterocycles. The number of rotatable bonds is 2. The molecule has 0 aliphatic carbocycles. The number of hydrogen-bond acceptors (Lipinski definition) is 5. The first kappa shape index (κ1) is 14.3. The van der Waals surface area contributed by atoms with Crippen LogP contribution in [-0.4, -0.2) is 28.0 Å². The summed E-state index contributed by atoms with van der Waals surface area (Å²) in [6, 6.07) is 9.48. The fourth-order valence-corrected chi connectivity index (χ4v) is 2.38. The van der Waals surface area contributed by atoms with Gasteiger partial charge in [0.25, 0.3) is 5.91 Å². The van der Waals surface area contributed by atoms with Crippen LogP contribution in [0.4, 0.5) is 5.69 Å². The highest BCUT2D eigenvalue weighted by Gasteiger charge is 2.26. The van der Waals surface area contributed by atoms with E-state index in [0.29, 0.717) is 16.8 Å². The van der Waals surface area contributed by atoms with Crippen LogP contribution in [0.2, 0.25) is 0 Å². The van der Waals surface area contributed by atoms with Crippen molar-refractivity contribution in [3.63, 3.8) is 0 Å². The molecule has 3 rings (SSSR count). The van der Waals surface area contributed by atoms with Gasteiger partial charge in [-0.3, -0.25) is 4.79 Å². The van der Waals surface area contributed by atoms with Crippen molar-refractivity contribution in [1.29, 1.82) is 0 Å². The number of carbonyl (C=O) groups is 1. The Hall–Kier alpha value is -2.67. The third-order valence-corrected chi connectivity index (χ3v) is 3.56. The zero-order valence-corrected chi connectivity index (χ0v) is 12.7. The van der Waals surface area contributed by atoms with Gasteiger partial charge in [-0.1, -0.05) is 15.9 Å². The summed E-state index contributed by atoms with van der Waals surface area (Å²) in [7, 11) is 0. The number of amides is 1. The summed E-state index contributed by atoms with van der Waals surface area (Å²) in [4.78, 5) is 11.9. The van der Waals surface area contributed by atoms with Crippen LogP contribution >= 0.6 is 15.9 Å². The Bertz CT molecular complexity index is 831. The van der Waals surface area contributed by atoms with Gasteiger partial charge in [0.15, 0.2) is 5.71 Å². The van der Waals surface area contributed by atoms with Gasteiger partial charge in [0.05, 0.1) is 11.9 Å². The van der Waals surface area contributed by atoms with Gasteiger partial charge in [0, 0.05) is 21.7 Å². The minimum absolute atomic E-state index is 0.0464. The predicted molar refractivity (Wildman–Crippen MR) is 86.7 cm³/mol. The molecule has 0 saturated heterocycles. The summed E-state index contributed by atoms with van der Waals surface area (Å²) >= 11 is 3.34. The van der Waals surface area contributed by atoms with Gasteiger partial charge in [-0.2, -0.15) is 5.10 Å². The fourth-order valence-electron chi connectivity index (χ4n) is 2.01. The lowest BCUT2D eigenvalue weighted by atomic mass is 10.1. The molecule has 3 N–H and O–H groups in total. The van der Waals surface area contributed by atoms with Crippen LogP contribution in [0.15, 0.2) is 51.1 Å². The van der Waals surface area contributed by atoms with Gasteiger partial charge in [-0.05, 0) is 30.3 Å². The Morgan fingerprint density at radius 1 is 1.14 bits per heavy atom. The first-order chi connectivity index (χ1) is 10.5. The smallest absolute Gasteiger partial charge is 0.276 e. The molecule has 0 saturated carbocycles. The molecule has 7 heteroatoms. The summed E-state index contributed by atoms with van der Waals surface area (Å²) in [5.41, 5.74) is 1.92. The Morgan fingerprint density at radius 3 is 2.73 bits per heavy atom. The highest BCUT2D eigenvalue weighted by Crippen LogP contribution is 2.27. The number of phenols is 2. The maximum atomic E-state index is 11.9. The quantitative estimate of drug-likeness (QED) is 0.568. The monoisotopic (exact) mass is 359 g/mol. The third kappa shape index (κ3) is 2.71. The van der Waals surface area contributed by atoms with E-state index in [1.54, 1.807) is 12.1 Å². The molecule has 1 aliphatic heterocycles. The molecule has 0 unspecified atom stereocenters. The number of anilines is 1. The van der Waals surface area contributed by atoms with E-state index in [4.69, 9.17) is 0 Å². The number of carbonyl (C=O) groups excluding carboxylic acids is 1. The zero-order chi connectivity index (χ0) is 15.7. The second kappa shape index (κ2) is 5.61. The Kier molecular flexibility index (Phi) is 3.64.